The first-order valence-electron chi connectivity index (χ1n) is 7.14. The van der Waals surface area contributed by atoms with Gasteiger partial charge in [0, 0.05) is 23.5 Å². The topological polar surface area (TPSA) is 66.9 Å². The molecule has 1 aromatic heterocycles. The van der Waals surface area contributed by atoms with Gasteiger partial charge in [-0.3, -0.25) is 4.79 Å². The summed E-state index contributed by atoms with van der Waals surface area (Å²) in [7, 11) is 0. The van der Waals surface area contributed by atoms with Crippen molar-refractivity contribution in [3.8, 4) is 0 Å². The minimum absolute atomic E-state index is 0.00970. The molecule has 1 saturated carbocycles. The van der Waals surface area contributed by atoms with Crippen molar-refractivity contribution in [1.82, 2.24) is 15.3 Å². The molecule has 0 radical (unpaired) electrons. The van der Waals surface area contributed by atoms with Gasteiger partial charge in [-0.2, -0.15) is 0 Å². The van der Waals surface area contributed by atoms with Gasteiger partial charge in [-0.15, -0.1) is 0 Å². The predicted octanol–water partition coefficient (Wildman–Crippen LogP) is 2.29. The fourth-order valence-electron chi connectivity index (χ4n) is 2.03. The zero-order chi connectivity index (χ0) is 14.7. The smallest absolute Gasteiger partial charge is 0.251 e. The molecule has 1 amide bonds. The van der Waals surface area contributed by atoms with Crippen LogP contribution in [-0.2, 0) is 6.54 Å². The Bertz CT molecular complexity index is 635. The molecule has 2 N–H and O–H groups in total. The summed E-state index contributed by atoms with van der Waals surface area (Å²) in [6.07, 6.45) is 3.96. The molecule has 1 fully saturated rings. The van der Waals surface area contributed by atoms with Crippen LogP contribution in [0.4, 0.5) is 5.69 Å². The first kappa shape index (κ1) is 13.5. The lowest BCUT2D eigenvalue weighted by molar-refractivity contribution is 0.0951. The zero-order valence-corrected chi connectivity index (χ0v) is 12.0. The summed E-state index contributed by atoms with van der Waals surface area (Å²) in [6, 6.07) is 9.77. The van der Waals surface area contributed by atoms with Crippen LogP contribution in [0.3, 0.4) is 0 Å². The maximum Gasteiger partial charge on any atom is 0.251 e. The van der Waals surface area contributed by atoms with E-state index in [2.05, 4.69) is 20.6 Å². The fourth-order valence-corrected chi connectivity index (χ4v) is 2.03. The molecule has 1 aliphatic rings. The molecule has 1 heterocycles. The van der Waals surface area contributed by atoms with Crippen LogP contribution in [0.25, 0.3) is 0 Å². The minimum atomic E-state index is 0.00970. The van der Waals surface area contributed by atoms with E-state index in [1.165, 1.54) is 0 Å². The first-order valence-corrected chi connectivity index (χ1v) is 7.14. The van der Waals surface area contributed by atoms with Gasteiger partial charge in [0.25, 0.3) is 5.91 Å². The lowest BCUT2D eigenvalue weighted by Gasteiger charge is -2.08. The molecule has 0 unspecified atom stereocenters. The number of amides is 1. The lowest BCUT2D eigenvalue weighted by Crippen LogP contribution is -2.25. The number of carbonyl (C=O) groups excluding carboxylic acids is 1. The molecule has 5 heteroatoms. The number of rotatable bonds is 5. The Morgan fingerprint density at radius 1 is 1.24 bits per heavy atom. The van der Waals surface area contributed by atoms with Crippen LogP contribution < -0.4 is 10.6 Å². The molecule has 5 nitrogen and oxygen atoms in total. The summed E-state index contributed by atoms with van der Waals surface area (Å²) in [4.78, 5) is 20.3. The van der Waals surface area contributed by atoms with Crippen molar-refractivity contribution in [2.45, 2.75) is 32.4 Å². The third-order valence-corrected chi connectivity index (χ3v) is 3.37. The van der Waals surface area contributed by atoms with Crippen molar-refractivity contribution < 1.29 is 4.79 Å². The van der Waals surface area contributed by atoms with E-state index in [1.54, 1.807) is 6.20 Å². The maximum atomic E-state index is 11.9. The molecule has 3 rings (SSSR count). The maximum absolute atomic E-state index is 11.9. The van der Waals surface area contributed by atoms with E-state index < -0.39 is 0 Å². The number of nitrogens with one attached hydrogen (secondary N) is 2. The van der Waals surface area contributed by atoms with Crippen molar-refractivity contribution in [3.05, 3.63) is 53.6 Å². The highest BCUT2D eigenvalue weighted by Gasteiger charge is 2.23. The SMILES string of the molecule is Cc1nccc(CNc2ccc(C(=O)NC3CC3)cc2)n1. The van der Waals surface area contributed by atoms with Crippen LogP contribution in [0, 0.1) is 6.92 Å². The third kappa shape index (κ3) is 3.78. The summed E-state index contributed by atoms with van der Waals surface area (Å²) in [5, 5.41) is 6.26. The summed E-state index contributed by atoms with van der Waals surface area (Å²) in [5.74, 6) is 0.775. The molecule has 1 aliphatic carbocycles. The van der Waals surface area contributed by atoms with E-state index in [9.17, 15) is 4.79 Å². The van der Waals surface area contributed by atoms with Gasteiger partial charge < -0.3 is 10.6 Å². The Morgan fingerprint density at radius 3 is 2.67 bits per heavy atom. The first-order chi connectivity index (χ1) is 10.2. The van der Waals surface area contributed by atoms with Crippen LogP contribution in [0.5, 0.6) is 0 Å². The number of carbonyl (C=O) groups is 1. The minimum Gasteiger partial charge on any atom is -0.379 e. The Kier molecular flexibility index (Phi) is 3.81. The van der Waals surface area contributed by atoms with Crippen molar-refractivity contribution in [2.24, 2.45) is 0 Å². The highest BCUT2D eigenvalue weighted by atomic mass is 16.1. The number of hydrogen-bond donors (Lipinski definition) is 2. The number of aromatic nitrogens is 2. The van der Waals surface area contributed by atoms with Crippen LogP contribution in [-0.4, -0.2) is 21.9 Å². The van der Waals surface area contributed by atoms with Gasteiger partial charge in [0.1, 0.15) is 5.82 Å². The average Bonchev–Trinajstić information content (AvgIpc) is 3.30. The highest BCUT2D eigenvalue weighted by molar-refractivity contribution is 5.94. The van der Waals surface area contributed by atoms with Gasteiger partial charge in [0.05, 0.1) is 12.2 Å². The Labute approximate surface area is 123 Å². The standard InChI is InChI=1S/C16H18N4O/c1-11-17-9-8-15(19-11)10-18-13-4-2-12(3-5-13)16(21)20-14-6-7-14/h2-5,8-9,14,18H,6-7,10H2,1H3,(H,20,21). The van der Waals surface area contributed by atoms with Gasteiger partial charge in [-0.1, -0.05) is 0 Å². The molecule has 21 heavy (non-hydrogen) atoms. The van der Waals surface area contributed by atoms with E-state index in [1.807, 2.05) is 37.3 Å². The van der Waals surface area contributed by atoms with E-state index in [4.69, 9.17) is 0 Å². The highest BCUT2D eigenvalue weighted by Crippen LogP contribution is 2.19. The number of nitrogens with zero attached hydrogens (tertiary/aromatic N) is 2. The molecule has 2 aromatic rings. The summed E-state index contributed by atoms with van der Waals surface area (Å²) in [5.41, 5.74) is 2.61. The lowest BCUT2D eigenvalue weighted by atomic mass is 10.2. The fraction of sp³-hybridized carbons (Fsp3) is 0.312. The molecular formula is C16H18N4O. The number of anilines is 1. The number of aryl methyl sites for hydroxylation is 1. The normalized spacial score (nSPS) is 13.8. The third-order valence-electron chi connectivity index (χ3n) is 3.37. The van der Waals surface area contributed by atoms with E-state index in [-0.39, 0.29) is 5.91 Å². The molecule has 0 saturated heterocycles. The molecule has 108 valence electrons. The van der Waals surface area contributed by atoms with Crippen molar-refractivity contribution in [3.63, 3.8) is 0 Å². The van der Waals surface area contributed by atoms with Crippen LogP contribution in [0.2, 0.25) is 0 Å². The largest absolute Gasteiger partial charge is 0.379 e. The average molecular weight is 282 g/mol. The zero-order valence-electron chi connectivity index (χ0n) is 12.0. The van der Waals surface area contributed by atoms with Crippen LogP contribution in [0.15, 0.2) is 36.5 Å². The summed E-state index contributed by atoms with van der Waals surface area (Å²) < 4.78 is 0. The molecule has 0 bridgehead atoms. The van der Waals surface area contributed by atoms with Gasteiger partial charge in [-0.05, 0) is 50.1 Å². The number of benzene rings is 1. The molecule has 0 spiro atoms. The number of hydrogen-bond acceptors (Lipinski definition) is 4. The molecular weight excluding hydrogens is 264 g/mol. The second kappa shape index (κ2) is 5.91. The second-order valence-corrected chi connectivity index (χ2v) is 5.27. The van der Waals surface area contributed by atoms with Crippen molar-refractivity contribution in [1.29, 1.82) is 0 Å². The Morgan fingerprint density at radius 2 is 2.00 bits per heavy atom. The predicted molar refractivity (Wildman–Crippen MR) is 81.0 cm³/mol. The van der Waals surface area contributed by atoms with E-state index in [0.29, 0.717) is 18.2 Å². The monoisotopic (exact) mass is 282 g/mol. The van der Waals surface area contributed by atoms with E-state index >= 15 is 0 Å². The van der Waals surface area contributed by atoms with Gasteiger partial charge in [0.2, 0.25) is 0 Å². The quantitative estimate of drug-likeness (QED) is 0.883. The molecule has 0 atom stereocenters. The Balaban J connectivity index is 1.57. The molecule has 0 aliphatic heterocycles. The summed E-state index contributed by atoms with van der Waals surface area (Å²) >= 11 is 0. The Hall–Kier alpha value is -2.43. The van der Waals surface area contributed by atoms with E-state index in [0.717, 1.165) is 30.0 Å². The molecule has 1 aromatic carbocycles. The summed E-state index contributed by atoms with van der Waals surface area (Å²) in [6.45, 7) is 2.51. The van der Waals surface area contributed by atoms with Crippen molar-refractivity contribution in [2.75, 3.05) is 5.32 Å². The van der Waals surface area contributed by atoms with Gasteiger partial charge in [-0.25, -0.2) is 9.97 Å². The van der Waals surface area contributed by atoms with Crippen LogP contribution in [0.1, 0.15) is 34.7 Å². The van der Waals surface area contributed by atoms with Gasteiger partial charge >= 0.3 is 0 Å². The van der Waals surface area contributed by atoms with Crippen molar-refractivity contribution >= 4 is 11.6 Å². The second-order valence-electron chi connectivity index (χ2n) is 5.27. The van der Waals surface area contributed by atoms with Gasteiger partial charge in [0.15, 0.2) is 0 Å². The van der Waals surface area contributed by atoms with Crippen LogP contribution >= 0.6 is 0 Å².